The first-order valence-electron chi connectivity index (χ1n) is 10.1. The molecular formula is C25H23FN2O2. The van der Waals surface area contributed by atoms with Gasteiger partial charge in [-0.25, -0.2) is 4.39 Å². The topological polar surface area (TPSA) is 58.2 Å². The van der Waals surface area contributed by atoms with Crippen molar-refractivity contribution in [1.29, 1.82) is 0 Å². The lowest BCUT2D eigenvalue weighted by Gasteiger charge is -2.25. The van der Waals surface area contributed by atoms with Crippen molar-refractivity contribution in [2.24, 2.45) is 0 Å². The summed E-state index contributed by atoms with van der Waals surface area (Å²) in [6.07, 6.45) is 2.65. The van der Waals surface area contributed by atoms with Gasteiger partial charge in [0.2, 0.25) is 0 Å². The van der Waals surface area contributed by atoms with Gasteiger partial charge in [-0.15, -0.1) is 0 Å². The van der Waals surface area contributed by atoms with Crippen LogP contribution in [0.15, 0.2) is 66.7 Å². The second kappa shape index (κ2) is 8.49. The molecule has 0 bridgehead atoms. The van der Waals surface area contributed by atoms with Crippen molar-refractivity contribution in [3.8, 4) is 0 Å². The monoisotopic (exact) mass is 402 g/mol. The fraction of sp³-hybridized carbons (Fsp3) is 0.200. The molecule has 1 atom stereocenters. The standard InChI is InChI=1S/C25H23FN2O2/c1-16-10-11-19(15-23(16)28-25(30)21-8-4-5-9-22(21)26)24(29)27-20-13-12-17-6-2-3-7-18(17)14-20/h2-11,15,20H,12-14H2,1H3,(H,27,29)(H,28,30)/t20-/m0/s1. The Balaban J connectivity index is 1.47. The van der Waals surface area contributed by atoms with Crippen LogP contribution < -0.4 is 10.6 Å². The SMILES string of the molecule is Cc1ccc(C(=O)N[C@H]2CCc3ccccc3C2)cc1NC(=O)c1ccccc1F. The molecule has 5 heteroatoms. The highest BCUT2D eigenvalue weighted by molar-refractivity contribution is 6.05. The first-order valence-corrected chi connectivity index (χ1v) is 10.1. The maximum atomic E-state index is 13.9. The van der Waals surface area contributed by atoms with E-state index in [1.165, 1.54) is 29.3 Å². The second-order valence-corrected chi connectivity index (χ2v) is 7.65. The quantitative estimate of drug-likeness (QED) is 0.666. The highest BCUT2D eigenvalue weighted by Gasteiger charge is 2.21. The zero-order chi connectivity index (χ0) is 21.1. The van der Waals surface area contributed by atoms with E-state index in [1.807, 2.05) is 19.1 Å². The fourth-order valence-corrected chi connectivity index (χ4v) is 3.82. The highest BCUT2D eigenvalue weighted by atomic mass is 19.1. The number of aryl methyl sites for hydroxylation is 2. The van der Waals surface area contributed by atoms with E-state index in [1.54, 1.807) is 24.3 Å². The van der Waals surface area contributed by atoms with Crippen LogP contribution in [0.25, 0.3) is 0 Å². The van der Waals surface area contributed by atoms with Gasteiger partial charge in [0.1, 0.15) is 5.82 Å². The summed E-state index contributed by atoms with van der Waals surface area (Å²) >= 11 is 0. The molecule has 0 fully saturated rings. The number of amides is 2. The molecule has 1 aliphatic rings. The Morgan fingerprint density at radius 2 is 1.67 bits per heavy atom. The van der Waals surface area contributed by atoms with E-state index in [0.717, 1.165) is 24.8 Å². The third kappa shape index (κ3) is 4.25. The summed E-state index contributed by atoms with van der Waals surface area (Å²) in [7, 11) is 0. The van der Waals surface area contributed by atoms with Gasteiger partial charge in [-0.1, -0.05) is 42.5 Å². The number of benzene rings is 3. The lowest BCUT2D eigenvalue weighted by atomic mass is 9.88. The molecule has 3 aromatic rings. The van der Waals surface area contributed by atoms with Crippen LogP contribution in [0.4, 0.5) is 10.1 Å². The third-order valence-corrected chi connectivity index (χ3v) is 5.55. The van der Waals surface area contributed by atoms with Crippen molar-refractivity contribution in [3.05, 3.63) is 100 Å². The van der Waals surface area contributed by atoms with Gasteiger partial charge in [-0.2, -0.15) is 0 Å². The van der Waals surface area contributed by atoms with Crippen LogP contribution in [0.1, 0.15) is 43.8 Å². The van der Waals surface area contributed by atoms with Crippen LogP contribution in [0, 0.1) is 12.7 Å². The number of rotatable bonds is 4. The third-order valence-electron chi connectivity index (χ3n) is 5.55. The average Bonchev–Trinajstić information content (AvgIpc) is 2.75. The van der Waals surface area contributed by atoms with E-state index in [-0.39, 0.29) is 17.5 Å². The summed E-state index contributed by atoms with van der Waals surface area (Å²) in [6, 6.07) is 19.4. The van der Waals surface area contributed by atoms with E-state index >= 15 is 0 Å². The predicted molar refractivity (Wildman–Crippen MR) is 115 cm³/mol. The molecule has 0 aliphatic heterocycles. The molecule has 0 saturated carbocycles. The zero-order valence-corrected chi connectivity index (χ0v) is 16.7. The van der Waals surface area contributed by atoms with Crippen molar-refractivity contribution in [3.63, 3.8) is 0 Å². The van der Waals surface area contributed by atoms with Crippen LogP contribution in [0.5, 0.6) is 0 Å². The summed E-state index contributed by atoms with van der Waals surface area (Å²) in [5, 5.41) is 5.83. The van der Waals surface area contributed by atoms with Crippen molar-refractivity contribution in [2.75, 3.05) is 5.32 Å². The van der Waals surface area contributed by atoms with Crippen LogP contribution >= 0.6 is 0 Å². The molecule has 0 aromatic heterocycles. The molecule has 0 unspecified atom stereocenters. The first kappa shape index (κ1) is 19.8. The molecule has 0 spiro atoms. The maximum absolute atomic E-state index is 13.9. The summed E-state index contributed by atoms with van der Waals surface area (Å²) in [6.45, 7) is 1.83. The lowest BCUT2D eigenvalue weighted by Crippen LogP contribution is -2.38. The van der Waals surface area contributed by atoms with Crippen molar-refractivity contribution >= 4 is 17.5 Å². The number of hydrogen-bond donors (Lipinski definition) is 2. The first-order chi connectivity index (χ1) is 14.5. The number of anilines is 1. The summed E-state index contributed by atoms with van der Waals surface area (Å²) in [4.78, 5) is 25.3. The van der Waals surface area contributed by atoms with Gasteiger partial charge in [0.05, 0.1) is 5.56 Å². The van der Waals surface area contributed by atoms with Gasteiger partial charge in [-0.05, 0) is 67.1 Å². The minimum atomic E-state index is -0.584. The van der Waals surface area contributed by atoms with Gasteiger partial charge < -0.3 is 10.6 Å². The Kier molecular flexibility index (Phi) is 5.61. The summed E-state index contributed by atoms with van der Waals surface area (Å²) in [5.74, 6) is -1.31. The Bertz CT molecular complexity index is 1110. The Labute approximate surface area is 175 Å². The fourth-order valence-electron chi connectivity index (χ4n) is 3.82. The normalized spacial score (nSPS) is 15.2. The van der Waals surface area contributed by atoms with E-state index < -0.39 is 11.7 Å². The minimum Gasteiger partial charge on any atom is -0.349 e. The van der Waals surface area contributed by atoms with Crippen LogP contribution in [0.2, 0.25) is 0 Å². The number of carbonyl (C=O) groups is 2. The highest BCUT2D eigenvalue weighted by Crippen LogP contribution is 2.22. The molecule has 3 aromatic carbocycles. The molecule has 4 rings (SSSR count). The summed E-state index contributed by atoms with van der Waals surface area (Å²) in [5.41, 5.74) is 4.33. The minimum absolute atomic E-state index is 0.0346. The van der Waals surface area contributed by atoms with Crippen LogP contribution in [-0.2, 0) is 12.8 Å². The predicted octanol–water partition coefficient (Wildman–Crippen LogP) is 4.67. The van der Waals surface area contributed by atoms with Gasteiger partial charge in [0.15, 0.2) is 0 Å². The van der Waals surface area contributed by atoms with E-state index in [4.69, 9.17) is 0 Å². The Morgan fingerprint density at radius 3 is 2.47 bits per heavy atom. The number of carbonyl (C=O) groups excluding carboxylic acids is 2. The smallest absolute Gasteiger partial charge is 0.258 e. The van der Waals surface area contributed by atoms with Gasteiger partial charge >= 0.3 is 0 Å². The summed E-state index contributed by atoms with van der Waals surface area (Å²) < 4.78 is 13.9. The average molecular weight is 402 g/mol. The largest absolute Gasteiger partial charge is 0.349 e. The Morgan fingerprint density at radius 1 is 0.933 bits per heavy atom. The van der Waals surface area contributed by atoms with Gasteiger partial charge in [-0.3, -0.25) is 9.59 Å². The second-order valence-electron chi connectivity index (χ2n) is 7.65. The number of hydrogen-bond acceptors (Lipinski definition) is 2. The molecule has 2 amide bonds. The lowest BCUT2D eigenvalue weighted by molar-refractivity contribution is 0.0932. The van der Waals surface area contributed by atoms with Crippen LogP contribution in [-0.4, -0.2) is 17.9 Å². The van der Waals surface area contributed by atoms with E-state index in [0.29, 0.717) is 11.3 Å². The molecule has 0 heterocycles. The number of halogens is 1. The molecule has 30 heavy (non-hydrogen) atoms. The van der Waals surface area contributed by atoms with E-state index in [9.17, 15) is 14.0 Å². The van der Waals surface area contributed by atoms with Crippen molar-refractivity contribution < 1.29 is 14.0 Å². The van der Waals surface area contributed by atoms with E-state index in [2.05, 4.69) is 22.8 Å². The molecule has 0 saturated heterocycles. The molecule has 4 nitrogen and oxygen atoms in total. The Hall–Kier alpha value is -3.47. The molecular weight excluding hydrogens is 379 g/mol. The molecule has 2 N–H and O–H groups in total. The van der Waals surface area contributed by atoms with Gasteiger partial charge in [0.25, 0.3) is 11.8 Å². The van der Waals surface area contributed by atoms with Gasteiger partial charge in [0, 0.05) is 17.3 Å². The zero-order valence-electron chi connectivity index (χ0n) is 16.7. The van der Waals surface area contributed by atoms with Crippen LogP contribution in [0.3, 0.4) is 0 Å². The van der Waals surface area contributed by atoms with Crippen molar-refractivity contribution in [1.82, 2.24) is 5.32 Å². The number of fused-ring (bicyclic) bond motifs is 1. The maximum Gasteiger partial charge on any atom is 0.258 e. The molecule has 1 aliphatic carbocycles. The molecule has 0 radical (unpaired) electrons. The number of nitrogens with one attached hydrogen (secondary N) is 2. The molecule has 152 valence electrons. The van der Waals surface area contributed by atoms with Crippen molar-refractivity contribution in [2.45, 2.75) is 32.2 Å².